The molecule has 0 aliphatic carbocycles. The molecule has 0 saturated carbocycles. The third kappa shape index (κ3) is 3.39. The van der Waals surface area contributed by atoms with E-state index in [1.807, 2.05) is 0 Å². The molecule has 0 radical (unpaired) electrons. The summed E-state index contributed by atoms with van der Waals surface area (Å²) in [4.78, 5) is 4.39. The fourth-order valence-corrected chi connectivity index (χ4v) is 2.95. The fraction of sp³-hybridized carbons (Fsp3) is 0.294. The predicted molar refractivity (Wildman–Crippen MR) is 85.3 cm³/mol. The number of rotatable bonds is 3. The maximum atomic E-state index is 13.8. The molecule has 1 fully saturated rings. The maximum absolute atomic E-state index is 13.8. The second kappa shape index (κ2) is 6.63. The SMILES string of the molecule is Fc1ccc(N2CCN(Cc3c(F)cccc3Cl)CC2)cc1. The van der Waals surface area contributed by atoms with E-state index in [4.69, 9.17) is 11.6 Å². The fourth-order valence-electron chi connectivity index (χ4n) is 2.72. The summed E-state index contributed by atoms with van der Waals surface area (Å²) in [5.74, 6) is -0.481. The quantitative estimate of drug-likeness (QED) is 0.844. The summed E-state index contributed by atoms with van der Waals surface area (Å²) in [7, 11) is 0. The van der Waals surface area contributed by atoms with Crippen LogP contribution < -0.4 is 4.90 Å². The molecule has 22 heavy (non-hydrogen) atoms. The molecule has 0 aromatic heterocycles. The van der Waals surface area contributed by atoms with Crippen LogP contribution in [0.2, 0.25) is 5.02 Å². The van der Waals surface area contributed by atoms with Crippen LogP contribution in [0.3, 0.4) is 0 Å². The van der Waals surface area contributed by atoms with Crippen molar-refractivity contribution in [2.75, 3.05) is 31.1 Å². The van der Waals surface area contributed by atoms with Crippen molar-refractivity contribution in [3.63, 3.8) is 0 Å². The van der Waals surface area contributed by atoms with E-state index in [2.05, 4.69) is 9.80 Å². The first kappa shape index (κ1) is 15.3. The number of piperazine rings is 1. The van der Waals surface area contributed by atoms with E-state index in [-0.39, 0.29) is 11.6 Å². The summed E-state index contributed by atoms with van der Waals surface area (Å²) in [6, 6.07) is 11.3. The lowest BCUT2D eigenvalue weighted by Gasteiger charge is -2.36. The van der Waals surface area contributed by atoms with Gasteiger partial charge in [0.25, 0.3) is 0 Å². The van der Waals surface area contributed by atoms with Gasteiger partial charge in [-0.1, -0.05) is 17.7 Å². The van der Waals surface area contributed by atoms with Gasteiger partial charge < -0.3 is 4.90 Å². The average molecular weight is 323 g/mol. The first-order valence-corrected chi connectivity index (χ1v) is 7.67. The Morgan fingerprint density at radius 1 is 0.909 bits per heavy atom. The topological polar surface area (TPSA) is 6.48 Å². The Morgan fingerprint density at radius 3 is 2.23 bits per heavy atom. The van der Waals surface area contributed by atoms with Crippen LogP contribution >= 0.6 is 11.6 Å². The van der Waals surface area contributed by atoms with Gasteiger partial charge in [0.15, 0.2) is 0 Å². The molecule has 0 amide bonds. The van der Waals surface area contributed by atoms with Crippen LogP contribution in [0.25, 0.3) is 0 Å². The highest BCUT2D eigenvalue weighted by atomic mass is 35.5. The van der Waals surface area contributed by atoms with Gasteiger partial charge in [-0.25, -0.2) is 8.78 Å². The van der Waals surface area contributed by atoms with E-state index in [1.54, 1.807) is 24.3 Å². The molecule has 3 rings (SSSR count). The lowest BCUT2D eigenvalue weighted by atomic mass is 10.1. The van der Waals surface area contributed by atoms with Crippen molar-refractivity contribution in [3.8, 4) is 0 Å². The Kier molecular flexibility index (Phi) is 4.60. The van der Waals surface area contributed by atoms with Gasteiger partial charge in [0.1, 0.15) is 11.6 Å². The Bertz CT molecular complexity index is 617. The van der Waals surface area contributed by atoms with Gasteiger partial charge in [-0.2, -0.15) is 0 Å². The summed E-state index contributed by atoms with van der Waals surface area (Å²) in [5.41, 5.74) is 1.57. The molecule has 2 nitrogen and oxygen atoms in total. The molecule has 1 heterocycles. The highest BCUT2D eigenvalue weighted by molar-refractivity contribution is 6.31. The highest BCUT2D eigenvalue weighted by Gasteiger charge is 2.19. The van der Waals surface area contributed by atoms with Crippen LogP contribution in [-0.2, 0) is 6.54 Å². The monoisotopic (exact) mass is 322 g/mol. The molecule has 0 bridgehead atoms. The lowest BCUT2D eigenvalue weighted by Crippen LogP contribution is -2.46. The molecule has 0 unspecified atom stereocenters. The van der Waals surface area contributed by atoms with Crippen molar-refractivity contribution in [3.05, 3.63) is 64.7 Å². The second-order valence-electron chi connectivity index (χ2n) is 5.44. The number of hydrogen-bond acceptors (Lipinski definition) is 2. The lowest BCUT2D eigenvalue weighted by molar-refractivity contribution is 0.246. The van der Waals surface area contributed by atoms with Crippen LogP contribution in [0.15, 0.2) is 42.5 Å². The third-order valence-corrected chi connectivity index (χ3v) is 4.36. The van der Waals surface area contributed by atoms with Crippen LogP contribution in [-0.4, -0.2) is 31.1 Å². The number of hydrogen-bond donors (Lipinski definition) is 0. The first-order chi connectivity index (χ1) is 10.6. The van der Waals surface area contributed by atoms with Gasteiger partial charge in [-0.15, -0.1) is 0 Å². The van der Waals surface area contributed by atoms with Gasteiger partial charge >= 0.3 is 0 Å². The van der Waals surface area contributed by atoms with Crippen molar-refractivity contribution in [2.24, 2.45) is 0 Å². The minimum atomic E-state index is -0.256. The normalized spacial score (nSPS) is 16.0. The zero-order chi connectivity index (χ0) is 15.5. The molecular weight excluding hydrogens is 306 g/mol. The largest absolute Gasteiger partial charge is 0.369 e. The molecule has 0 N–H and O–H groups in total. The summed E-state index contributed by atoms with van der Waals surface area (Å²) in [6.45, 7) is 3.82. The minimum Gasteiger partial charge on any atom is -0.369 e. The van der Waals surface area contributed by atoms with Crippen LogP contribution in [0.4, 0.5) is 14.5 Å². The molecule has 0 atom stereocenters. The van der Waals surface area contributed by atoms with Crippen molar-refractivity contribution in [2.45, 2.75) is 6.54 Å². The number of halogens is 3. The molecule has 5 heteroatoms. The molecule has 2 aromatic rings. The molecular formula is C17H17ClF2N2. The summed E-state index contributed by atoms with van der Waals surface area (Å²) in [5, 5.41) is 0.473. The molecule has 1 aliphatic heterocycles. The van der Waals surface area contributed by atoms with Crippen molar-refractivity contribution in [1.29, 1.82) is 0 Å². The first-order valence-electron chi connectivity index (χ1n) is 7.29. The van der Waals surface area contributed by atoms with Gasteiger partial charge in [0.2, 0.25) is 0 Å². The van der Waals surface area contributed by atoms with E-state index < -0.39 is 0 Å². The smallest absolute Gasteiger partial charge is 0.129 e. The Hall–Kier alpha value is -1.65. The predicted octanol–water partition coefficient (Wildman–Crippen LogP) is 3.94. The van der Waals surface area contributed by atoms with Crippen molar-refractivity contribution >= 4 is 17.3 Å². The van der Waals surface area contributed by atoms with E-state index >= 15 is 0 Å². The van der Waals surface area contributed by atoms with Gasteiger partial charge in [0.05, 0.1) is 0 Å². The number of benzene rings is 2. The third-order valence-electron chi connectivity index (χ3n) is 4.01. The van der Waals surface area contributed by atoms with Crippen molar-refractivity contribution in [1.82, 2.24) is 4.90 Å². The van der Waals surface area contributed by atoms with E-state index in [1.165, 1.54) is 18.2 Å². The van der Waals surface area contributed by atoms with E-state index in [9.17, 15) is 8.78 Å². The van der Waals surface area contributed by atoms with Crippen LogP contribution in [0, 0.1) is 11.6 Å². The molecule has 1 aliphatic rings. The second-order valence-corrected chi connectivity index (χ2v) is 5.85. The Balaban J connectivity index is 1.61. The molecule has 2 aromatic carbocycles. The van der Waals surface area contributed by atoms with Crippen molar-refractivity contribution < 1.29 is 8.78 Å². The number of nitrogens with zero attached hydrogens (tertiary/aromatic N) is 2. The van der Waals surface area contributed by atoms with Gasteiger partial charge in [0, 0.05) is 49.0 Å². The Morgan fingerprint density at radius 2 is 1.59 bits per heavy atom. The average Bonchev–Trinajstić information content (AvgIpc) is 2.53. The summed E-state index contributed by atoms with van der Waals surface area (Å²) < 4.78 is 26.8. The highest BCUT2D eigenvalue weighted by Crippen LogP contribution is 2.22. The van der Waals surface area contributed by atoms with E-state index in [0.29, 0.717) is 17.1 Å². The zero-order valence-electron chi connectivity index (χ0n) is 12.1. The standard InChI is InChI=1S/C17H17ClF2N2/c18-16-2-1-3-17(20)15(16)12-21-8-10-22(11-9-21)14-6-4-13(19)5-7-14/h1-7H,8-12H2. The maximum Gasteiger partial charge on any atom is 0.129 e. The number of anilines is 1. The summed E-state index contributed by atoms with van der Waals surface area (Å²) in [6.07, 6.45) is 0. The molecule has 0 spiro atoms. The molecule has 1 saturated heterocycles. The van der Waals surface area contributed by atoms with Gasteiger partial charge in [-0.05, 0) is 36.4 Å². The molecule has 116 valence electrons. The Labute approximate surface area is 133 Å². The summed E-state index contributed by atoms with van der Waals surface area (Å²) >= 11 is 6.08. The zero-order valence-corrected chi connectivity index (χ0v) is 12.9. The van der Waals surface area contributed by atoms with Crippen LogP contribution in [0.1, 0.15) is 5.56 Å². The van der Waals surface area contributed by atoms with Gasteiger partial charge in [-0.3, -0.25) is 4.90 Å². The minimum absolute atomic E-state index is 0.225. The van der Waals surface area contributed by atoms with Crippen LogP contribution in [0.5, 0.6) is 0 Å². The van der Waals surface area contributed by atoms with E-state index in [0.717, 1.165) is 31.9 Å².